The molecule has 0 aromatic carbocycles. The second-order valence-corrected chi connectivity index (χ2v) is 8.58. The van der Waals surface area contributed by atoms with E-state index in [4.69, 9.17) is 5.11 Å². The van der Waals surface area contributed by atoms with Gasteiger partial charge in [-0.3, -0.25) is 4.79 Å². The highest BCUT2D eigenvalue weighted by Gasteiger charge is 2.52. The molecule has 2 N–H and O–H groups in total. The number of carbonyl (C=O) groups is 2. The first-order valence-electron chi connectivity index (χ1n) is 9.98. The number of likely N-dealkylation sites (tertiary alicyclic amines) is 1. The number of hydrogen-bond acceptors (Lipinski definition) is 4. The van der Waals surface area contributed by atoms with Crippen LogP contribution < -0.4 is 0 Å². The Morgan fingerprint density at radius 3 is 2.80 bits per heavy atom. The zero-order valence-electron chi connectivity index (χ0n) is 17.1. The van der Waals surface area contributed by atoms with Crippen molar-refractivity contribution in [3.05, 3.63) is 34.0 Å². The Labute approximate surface area is 179 Å². The number of hydrogen-bond donors (Lipinski definition) is 2. The minimum absolute atomic E-state index is 0.136. The van der Waals surface area contributed by atoms with E-state index in [-0.39, 0.29) is 17.3 Å². The van der Waals surface area contributed by atoms with E-state index in [9.17, 15) is 23.5 Å². The third-order valence-corrected chi connectivity index (χ3v) is 6.11. The molecule has 1 aromatic heterocycles. The Kier molecular flexibility index (Phi) is 8.56. The first-order chi connectivity index (χ1) is 14.2. The molecule has 1 aromatic rings. The molecule has 164 valence electrons. The molecule has 5 nitrogen and oxygen atoms in total. The van der Waals surface area contributed by atoms with E-state index in [1.807, 2.05) is 13.8 Å². The van der Waals surface area contributed by atoms with Gasteiger partial charge in [-0.25, -0.2) is 4.79 Å². The van der Waals surface area contributed by atoms with Crippen LogP contribution in [0.4, 0.5) is 8.78 Å². The summed E-state index contributed by atoms with van der Waals surface area (Å²) in [6.45, 7) is 3.90. The van der Waals surface area contributed by atoms with Crippen molar-refractivity contribution in [2.24, 2.45) is 5.92 Å². The molecule has 2 heterocycles. The van der Waals surface area contributed by atoms with Crippen molar-refractivity contribution < 1.29 is 28.6 Å². The van der Waals surface area contributed by atoms with Gasteiger partial charge >= 0.3 is 11.9 Å². The fourth-order valence-corrected chi connectivity index (χ4v) is 4.11. The summed E-state index contributed by atoms with van der Waals surface area (Å²) in [6.07, 6.45) is 3.70. The average molecular weight is 440 g/mol. The Bertz CT molecular complexity index is 840. The number of halogens is 2. The number of carbonyl (C=O) groups excluding carboxylic acids is 1. The highest BCUT2D eigenvalue weighted by molar-refractivity contribution is 7.13. The van der Waals surface area contributed by atoms with E-state index >= 15 is 0 Å². The van der Waals surface area contributed by atoms with Crippen molar-refractivity contribution in [2.75, 3.05) is 6.54 Å². The number of thiophene rings is 1. The van der Waals surface area contributed by atoms with Crippen LogP contribution in [0.5, 0.6) is 0 Å². The van der Waals surface area contributed by atoms with E-state index in [1.165, 1.54) is 18.2 Å². The molecule has 1 aliphatic rings. The van der Waals surface area contributed by atoms with Crippen molar-refractivity contribution in [1.82, 2.24) is 4.90 Å². The van der Waals surface area contributed by atoms with Gasteiger partial charge in [0, 0.05) is 30.7 Å². The third-order valence-electron chi connectivity index (χ3n) is 4.97. The fourth-order valence-electron chi connectivity index (χ4n) is 3.22. The topological polar surface area (TPSA) is 77.8 Å². The molecule has 3 atom stereocenters. The normalized spacial score (nSPS) is 20.2. The standard InChI is InChI=1S/C22H27F2NO4S/c1-3-4-5-7-15(2)18(26)11-9-16-14-22(23,24)21(29)25(16)13-6-8-17-10-12-19(30-17)20(27)28/h9-12,15-16,18,26H,3,6-8,13-14H2,1-2H3,(H,27,28)/b11-9+/t15-,16-,18-/m0/s1. The van der Waals surface area contributed by atoms with Crippen LogP contribution in [0.1, 0.15) is 54.1 Å². The molecule has 0 radical (unpaired) electrons. The molecular formula is C22H27F2NO4S. The Morgan fingerprint density at radius 2 is 2.17 bits per heavy atom. The monoisotopic (exact) mass is 439 g/mol. The maximum absolute atomic E-state index is 14.0. The van der Waals surface area contributed by atoms with E-state index in [0.717, 1.165) is 27.5 Å². The van der Waals surface area contributed by atoms with Crippen LogP contribution in [-0.4, -0.2) is 51.6 Å². The van der Waals surface area contributed by atoms with Crippen LogP contribution in [0.3, 0.4) is 0 Å². The fraction of sp³-hybridized carbons (Fsp3) is 0.545. The van der Waals surface area contributed by atoms with Crippen LogP contribution in [-0.2, 0) is 11.2 Å². The second-order valence-electron chi connectivity index (χ2n) is 7.41. The van der Waals surface area contributed by atoms with Gasteiger partial charge in [0.25, 0.3) is 5.91 Å². The summed E-state index contributed by atoms with van der Waals surface area (Å²) in [6, 6.07) is 2.43. The van der Waals surface area contributed by atoms with Crippen molar-refractivity contribution >= 4 is 23.2 Å². The number of carboxylic acid groups (broad SMARTS) is 1. The molecule has 0 bridgehead atoms. The number of nitrogens with zero attached hydrogens (tertiary/aromatic N) is 1. The lowest BCUT2D eigenvalue weighted by Gasteiger charge is -2.22. The van der Waals surface area contributed by atoms with Crippen LogP contribution in [0.25, 0.3) is 0 Å². The first-order valence-corrected chi connectivity index (χ1v) is 10.8. The molecule has 0 unspecified atom stereocenters. The maximum Gasteiger partial charge on any atom is 0.345 e. The zero-order valence-corrected chi connectivity index (χ0v) is 17.9. The van der Waals surface area contributed by atoms with Gasteiger partial charge in [0.2, 0.25) is 0 Å². The second kappa shape index (κ2) is 10.7. The van der Waals surface area contributed by atoms with Crippen LogP contribution in [0.15, 0.2) is 24.3 Å². The molecular weight excluding hydrogens is 412 g/mol. The molecule has 8 heteroatoms. The number of amides is 1. The number of aromatic carboxylic acids is 1. The molecule has 0 saturated carbocycles. The van der Waals surface area contributed by atoms with Crippen molar-refractivity contribution in [2.45, 2.75) is 64.0 Å². The van der Waals surface area contributed by atoms with Crippen molar-refractivity contribution in [1.29, 1.82) is 0 Å². The number of alkyl halides is 2. The van der Waals surface area contributed by atoms with Gasteiger partial charge in [0.15, 0.2) is 0 Å². The summed E-state index contributed by atoms with van der Waals surface area (Å²) in [5, 5.41) is 19.2. The molecule has 30 heavy (non-hydrogen) atoms. The van der Waals surface area contributed by atoms with Crippen molar-refractivity contribution in [3.8, 4) is 11.8 Å². The summed E-state index contributed by atoms with van der Waals surface area (Å²) in [5.41, 5.74) is 0. The van der Waals surface area contributed by atoms with Gasteiger partial charge in [-0.2, -0.15) is 8.78 Å². The minimum atomic E-state index is -3.42. The number of rotatable bonds is 9. The van der Waals surface area contributed by atoms with Gasteiger partial charge < -0.3 is 15.1 Å². The number of aryl methyl sites for hydroxylation is 1. The van der Waals surface area contributed by atoms with Gasteiger partial charge in [-0.1, -0.05) is 26.0 Å². The number of carboxylic acids is 1. The SMILES string of the molecule is CCC#CC[C@H](C)[C@@H](O)/C=C/[C@H]1CC(F)(F)C(=O)N1CCCc1ccc(C(=O)O)s1. The van der Waals surface area contributed by atoms with Gasteiger partial charge in [-0.05, 0) is 30.9 Å². The Morgan fingerprint density at radius 1 is 1.43 bits per heavy atom. The third kappa shape index (κ3) is 6.38. The minimum Gasteiger partial charge on any atom is -0.477 e. The summed E-state index contributed by atoms with van der Waals surface area (Å²) in [7, 11) is 0. The predicted molar refractivity (Wildman–Crippen MR) is 112 cm³/mol. The smallest absolute Gasteiger partial charge is 0.345 e. The first kappa shape index (κ1) is 24.0. The van der Waals surface area contributed by atoms with E-state index in [2.05, 4.69) is 11.8 Å². The average Bonchev–Trinajstić information content (AvgIpc) is 3.24. The summed E-state index contributed by atoms with van der Waals surface area (Å²) in [4.78, 5) is 25.3. The zero-order chi connectivity index (χ0) is 22.3. The largest absolute Gasteiger partial charge is 0.477 e. The van der Waals surface area contributed by atoms with E-state index < -0.39 is 36.4 Å². The maximum atomic E-state index is 14.0. The van der Waals surface area contributed by atoms with Crippen LogP contribution in [0.2, 0.25) is 0 Å². The van der Waals surface area contributed by atoms with Crippen LogP contribution >= 0.6 is 11.3 Å². The number of aliphatic hydroxyl groups is 1. The Balaban J connectivity index is 1.97. The molecule has 1 fully saturated rings. The van der Waals surface area contributed by atoms with Crippen molar-refractivity contribution in [3.63, 3.8) is 0 Å². The molecule has 1 saturated heterocycles. The Hall–Kier alpha value is -2.24. The number of aliphatic hydroxyl groups excluding tert-OH is 1. The van der Waals surface area contributed by atoms with E-state index in [1.54, 1.807) is 6.07 Å². The lowest BCUT2D eigenvalue weighted by Crippen LogP contribution is -2.36. The van der Waals surface area contributed by atoms with Gasteiger partial charge in [0.05, 0.1) is 12.1 Å². The van der Waals surface area contributed by atoms with E-state index in [0.29, 0.717) is 19.3 Å². The molecule has 1 aliphatic heterocycles. The lowest BCUT2D eigenvalue weighted by molar-refractivity contribution is -0.148. The van der Waals surface area contributed by atoms with Gasteiger partial charge in [0.1, 0.15) is 4.88 Å². The predicted octanol–water partition coefficient (Wildman–Crippen LogP) is 3.97. The summed E-state index contributed by atoms with van der Waals surface area (Å²) < 4.78 is 28.0. The highest BCUT2D eigenvalue weighted by Crippen LogP contribution is 2.34. The lowest BCUT2D eigenvalue weighted by atomic mass is 9.99. The quantitative estimate of drug-likeness (QED) is 0.451. The highest BCUT2D eigenvalue weighted by atomic mass is 32.1. The molecule has 0 aliphatic carbocycles. The van der Waals surface area contributed by atoms with Gasteiger partial charge in [-0.15, -0.1) is 23.2 Å². The van der Waals surface area contributed by atoms with Crippen LogP contribution in [0, 0.1) is 17.8 Å². The molecule has 2 rings (SSSR count). The summed E-state index contributed by atoms with van der Waals surface area (Å²) >= 11 is 1.14. The molecule has 1 amide bonds. The summed E-state index contributed by atoms with van der Waals surface area (Å²) in [5.74, 6) is 0.123. The molecule has 0 spiro atoms.